The summed E-state index contributed by atoms with van der Waals surface area (Å²) in [6, 6.07) is 13.7. The van der Waals surface area contributed by atoms with Crippen molar-refractivity contribution in [2.75, 3.05) is 16.4 Å². The van der Waals surface area contributed by atoms with Crippen molar-refractivity contribution in [3.05, 3.63) is 72.9 Å². The van der Waals surface area contributed by atoms with Gasteiger partial charge in [0.05, 0.1) is 5.52 Å². The molecular weight excluding hydrogens is 326 g/mol. The van der Waals surface area contributed by atoms with E-state index in [-0.39, 0.29) is 0 Å². The molecule has 0 aliphatic rings. The van der Waals surface area contributed by atoms with Crippen molar-refractivity contribution in [3.63, 3.8) is 0 Å². The molecule has 1 aromatic carbocycles. The first-order valence-electron chi connectivity index (χ1n) is 8.15. The molecule has 0 saturated heterocycles. The van der Waals surface area contributed by atoms with Crippen molar-refractivity contribution in [2.24, 2.45) is 0 Å². The molecule has 0 atom stereocenters. The second-order valence-electron chi connectivity index (χ2n) is 5.70. The van der Waals surface area contributed by atoms with E-state index in [1.807, 2.05) is 42.5 Å². The standard InChI is InChI=1S/C19H17N7/c20-17-18(23-11-13-4-2-8-21-10-13)24-12-25-19(17)26-16-7-1-6-15-14(16)5-3-9-22-15/h1-10,12H,11,20H2,(H2,23,24,25,26). The zero-order chi connectivity index (χ0) is 17.8. The molecule has 4 aromatic rings. The zero-order valence-electron chi connectivity index (χ0n) is 13.9. The number of nitrogens with two attached hydrogens (primary N) is 1. The van der Waals surface area contributed by atoms with E-state index in [9.17, 15) is 0 Å². The number of hydrogen-bond acceptors (Lipinski definition) is 7. The summed E-state index contributed by atoms with van der Waals surface area (Å²) in [6.07, 6.45) is 6.79. The van der Waals surface area contributed by atoms with E-state index in [4.69, 9.17) is 5.73 Å². The predicted molar refractivity (Wildman–Crippen MR) is 103 cm³/mol. The van der Waals surface area contributed by atoms with Crippen LogP contribution in [0.15, 0.2) is 67.4 Å². The number of nitrogen functional groups attached to an aromatic ring is 1. The molecule has 0 aliphatic carbocycles. The number of fused-ring (bicyclic) bond motifs is 1. The summed E-state index contributed by atoms with van der Waals surface area (Å²) in [5.41, 5.74) is 9.55. The van der Waals surface area contributed by atoms with Crippen LogP contribution in [-0.4, -0.2) is 19.9 Å². The van der Waals surface area contributed by atoms with Gasteiger partial charge in [-0.15, -0.1) is 0 Å². The lowest BCUT2D eigenvalue weighted by atomic mass is 10.2. The normalized spacial score (nSPS) is 10.6. The average molecular weight is 343 g/mol. The Morgan fingerprint density at radius 3 is 2.65 bits per heavy atom. The maximum Gasteiger partial charge on any atom is 0.159 e. The van der Waals surface area contributed by atoms with E-state index in [0.717, 1.165) is 22.2 Å². The van der Waals surface area contributed by atoms with Gasteiger partial charge in [-0.1, -0.05) is 12.1 Å². The lowest BCUT2D eigenvalue weighted by Crippen LogP contribution is -2.08. The van der Waals surface area contributed by atoms with Crippen molar-refractivity contribution in [1.82, 2.24) is 19.9 Å². The molecule has 3 aromatic heterocycles. The second kappa shape index (κ2) is 7.02. The van der Waals surface area contributed by atoms with Gasteiger partial charge in [0, 0.05) is 36.2 Å². The number of aromatic nitrogens is 4. The van der Waals surface area contributed by atoms with E-state index in [1.54, 1.807) is 18.6 Å². The van der Waals surface area contributed by atoms with Gasteiger partial charge in [-0.25, -0.2) is 9.97 Å². The molecule has 26 heavy (non-hydrogen) atoms. The lowest BCUT2D eigenvalue weighted by Gasteiger charge is -2.13. The Morgan fingerprint density at radius 1 is 0.885 bits per heavy atom. The van der Waals surface area contributed by atoms with Gasteiger partial charge < -0.3 is 16.4 Å². The summed E-state index contributed by atoms with van der Waals surface area (Å²) in [5.74, 6) is 1.12. The van der Waals surface area contributed by atoms with Crippen LogP contribution in [0, 0.1) is 0 Å². The number of rotatable bonds is 5. The SMILES string of the molecule is Nc1c(NCc2cccnc2)ncnc1Nc1cccc2ncccc12. The molecule has 128 valence electrons. The highest BCUT2D eigenvalue weighted by atomic mass is 15.1. The number of nitrogens with one attached hydrogen (secondary N) is 2. The molecule has 0 radical (unpaired) electrons. The van der Waals surface area contributed by atoms with E-state index in [2.05, 4.69) is 30.6 Å². The summed E-state index contributed by atoms with van der Waals surface area (Å²) in [7, 11) is 0. The first kappa shape index (κ1) is 15.8. The minimum atomic E-state index is 0.456. The molecule has 4 N–H and O–H groups in total. The topological polar surface area (TPSA) is 102 Å². The highest BCUT2D eigenvalue weighted by molar-refractivity contribution is 5.94. The molecule has 7 nitrogen and oxygen atoms in total. The fourth-order valence-electron chi connectivity index (χ4n) is 2.66. The van der Waals surface area contributed by atoms with Crippen LogP contribution in [-0.2, 0) is 6.54 Å². The third-order valence-corrected chi connectivity index (χ3v) is 3.97. The quantitative estimate of drug-likeness (QED) is 0.510. The Hall–Kier alpha value is -3.74. The minimum Gasteiger partial charge on any atom is -0.393 e. The van der Waals surface area contributed by atoms with Crippen LogP contribution >= 0.6 is 0 Å². The molecule has 7 heteroatoms. The predicted octanol–water partition coefficient (Wildman–Crippen LogP) is 3.36. The van der Waals surface area contributed by atoms with E-state index in [1.165, 1.54) is 6.33 Å². The summed E-state index contributed by atoms with van der Waals surface area (Å²) < 4.78 is 0. The van der Waals surface area contributed by atoms with Crippen molar-refractivity contribution >= 4 is 33.9 Å². The van der Waals surface area contributed by atoms with Crippen LogP contribution in [0.3, 0.4) is 0 Å². The van der Waals surface area contributed by atoms with Crippen LogP contribution in [0.5, 0.6) is 0 Å². The van der Waals surface area contributed by atoms with E-state index < -0.39 is 0 Å². The molecule has 0 fully saturated rings. The fraction of sp³-hybridized carbons (Fsp3) is 0.0526. The Labute approximate surface area is 150 Å². The number of nitrogens with zero attached hydrogens (tertiary/aromatic N) is 4. The van der Waals surface area contributed by atoms with Gasteiger partial charge in [0.1, 0.15) is 12.0 Å². The highest BCUT2D eigenvalue weighted by Gasteiger charge is 2.10. The minimum absolute atomic E-state index is 0.456. The fourth-order valence-corrected chi connectivity index (χ4v) is 2.66. The second-order valence-corrected chi connectivity index (χ2v) is 5.70. The molecular formula is C19H17N7. The lowest BCUT2D eigenvalue weighted by molar-refractivity contribution is 1.07. The van der Waals surface area contributed by atoms with Crippen LogP contribution in [0.1, 0.15) is 5.56 Å². The third-order valence-electron chi connectivity index (χ3n) is 3.97. The Kier molecular flexibility index (Phi) is 4.26. The van der Waals surface area contributed by atoms with Gasteiger partial charge in [-0.2, -0.15) is 0 Å². The number of pyridine rings is 2. The van der Waals surface area contributed by atoms with Crippen molar-refractivity contribution in [3.8, 4) is 0 Å². The summed E-state index contributed by atoms with van der Waals surface area (Å²) in [5, 5.41) is 7.51. The molecule has 0 aliphatic heterocycles. The molecule has 4 rings (SSSR count). The largest absolute Gasteiger partial charge is 0.393 e. The van der Waals surface area contributed by atoms with Crippen LogP contribution in [0.25, 0.3) is 10.9 Å². The van der Waals surface area contributed by atoms with Gasteiger partial charge in [-0.05, 0) is 35.9 Å². The molecule has 3 heterocycles. The molecule has 0 amide bonds. The summed E-state index contributed by atoms with van der Waals surface area (Å²) in [4.78, 5) is 17.0. The molecule has 0 unspecified atom stereocenters. The monoisotopic (exact) mass is 343 g/mol. The van der Waals surface area contributed by atoms with Gasteiger partial charge in [-0.3, -0.25) is 9.97 Å². The Morgan fingerprint density at radius 2 is 1.77 bits per heavy atom. The van der Waals surface area contributed by atoms with Crippen LogP contribution in [0.4, 0.5) is 23.0 Å². The number of benzene rings is 1. The smallest absolute Gasteiger partial charge is 0.159 e. The van der Waals surface area contributed by atoms with Crippen molar-refractivity contribution < 1.29 is 0 Å². The first-order valence-corrected chi connectivity index (χ1v) is 8.15. The van der Waals surface area contributed by atoms with E-state index in [0.29, 0.717) is 23.9 Å². The maximum atomic E-state index is 6.26. The molecule has 0 bridgehead atoms. The van der Waals surface area contributed by atoms with Gasteiger partial charge in [0.25, 0.3) is 0 Å². The van der Waals surface area contributed by atoms with Gasteiger partial charge >= 0.3 is 0 Å². The highest BCUT2D eigenvalue weighted by Crippen LogP contribution is 2.29. The maximum absolute atomic E-state index is 6.26. The van der Waals surface area contributed by atoms with Crippen LogP contribution < -0.4 is 16.4 Å². The first-order chi connectivity index (χ1) is 12.8. The average Bonchev–Trinajstić information content (AvgIpc) is 2.70. The zero-order valence-corrected chi connectivity index (χ0v) is 13.9. The molecule has 0 spiro atoms. The van der Waals surface area contributed by atoms with Crippen LogP contribution in [0.2, 0.25) is 0 Å². The molecule has 0 saturated carbocycles. The Balaban J connectivity index is 1.59. The third kappa shape index (κ3) is 3.23. The summed E-state index contributed by atoms with van der Waals surface area (Å²) in [6.45, 7) is 0.576. The van der Waals surface area contributed by atoms with Crippen molar-refractivity contribution in [1.29, 1.82) is 0 Å². The Bertz CT molecular complexity index is 1030. The summed E-state index contributed by atoms with van der Waals surface area (Å²) >= 11 is 0. The van der Waals surface area contributed by atoms with Crippen molar-refractivity contribution in [2.45, 2.75) is 6.54 Å². The van der Waals surface area contributed by atoms with Gasteiger partial charge in [0.15, 0.2) is 11.6 Å². The number of hydrogen-bond donors (Lipinski definition) is 3. The number of anilines is 4. The van der Waals surface area contributed by atoms with Gasteiger partial charge in [0.2, 0.25) is 0 Å². The van der Waals surface area contributed by atoms with E-state index >= 15 is 0 Å².